The summed E-state index contributed by atoms with van der Waals surface area (Å²) in [6.07, 6.45) is 0. The number of benzene rings is 4. The van der Waals surface area contributed by atoms with E-state index in [9.17, 15) is 10.0 Å². The fourth-order valence-corrected chi connectivity index (χ4v) is 5.04. The highest BCUT2D eigenvalue weighted by Gasteiger charge is 2.50. The molecule has 4 aromatic carbocycles. The van der Waals surface area contributed by atoms with Gasteiger partial charge in [0.25, 0.3) is 0 Å². The van der Waals surface area contributed by atoms with Gasteiger partial charge in [0.05, 0.1) is 5.41 Å². The molecule has 0 radical (unpaired) electrons. The lowest BCUT2D eigenvalue weighted by Gasteiger charge is -2.39. The largest absolute Gasteiger partial charge is 0.488 e. The molecule has 0 fully saturated rings. The number of rotatable bonds is 1. The lowest BCUT2D eigenvalue weighted by atomic mass is 9.65. The molecular weight excluding hydrogens is 359 g/mol. The van der Waals surface area contributed by atoms with Gasteiger partial charge in [-0.3, -0.25) is 0 Å². The maximum absolute atomic E-state index is 9.69. The highest BCUT2D eigenvalue weighted by molar-refractivity contribution is 6.58. The lowest BCUT2D eigenvalue weighted by molar-refractivity contribution is 0.422. The highest BCUT2D eigenvalue weighted by atomic mass is 16.5. The Morgan fingerprint density at radius 2 is 1.14 bits per heavy atom. The van der Waals surface area contributed by atoms with Gasteiger partial charge in [0.2, 0.25) is 0 Å². The summed E-state index contributed by atoms with van der Waals surface area (Å²) in [6, 6.07) is 30.6. The van der Waals surface area contributed by atoms with Crippen molar-refractivity contribution in [3.63, 3.8) is 0 Å². The van der Waals surface area contributed by atoms with Crippen molar-refractivity contribution in [2.45, 2.75) is 5.41 Å². The third-order valence-electron chi connectivity index (χ3n) is 6.17. The summed E-state index contributed by atoms with van der Waals surface area (Å²) < 4.78 is 6.26. The quantitative estimate of drug-likeness (QED) is 0.429. The molecule has 0 atom stereocenters. The molecule has 1 heterocycles. The first-order chi connectivity index (χ1) is 14.2. The van der Waals surface area contributed by atoms with E-state index in [1.54, 1.807) is 12.1 Å². The Labute approximate surface area is 169 Å². The minimum Gasteiger partial charge on any atom is -0.457 e. The molecule has 29 heavy (non-hydrogen) atoms. The van der Waals surface area contributed by atoms with Crippen LogP contribution in [0.15, 0.2) is 91.0 Å². The molecule has 0 saturated carbocycles. The van der Waals surface area contributed by atoms with Crippen molar-refractivity contribution in [1.82, 2.24) is 0 Å². The SMILES string of the molecule is OB(O)c1ccc2c(c1)Oc1ccccc1C21c2ccccc2-c2ccccc21. The van der Waals surface area contributed by atoms with Crippen LogP contribution in [-0.2, 0) is 5.41 Å². The van der Waals surface area contributed by atoms with Crippen LogP contribution in [0, 0.1) is 0 Å². The van der Waals surface area contributed by atoms with E-state index in [0.717, 1.165) is 16.9 Å². The van der Waals surface area contributed by atoms with E-state index in [-0.39, 0.29) is 0 Å². The monoisotopic (exact) mass is 376 g/mol. The predicted octanol–water partition coefficient (Wildman–Crippen LogP) is 3.84. The molecule has 2 N–H and O–H groups in total. The van der Waals surface area contributed by atoms with Crippen molar-refractivity contribution in [2.24, 2.45) is 0 Å². The maximum Gasteiger partial charge on any atom is 0.488 e. The zero-order valence-electron chi connectivity index (χ0n) is 15.5. The number of hydrogen-bond acceptors (Lipinski definition) is 3. The lowest BCUT2D eigenvalue weighted by Crippen LogP contribution is -2.35. The van der Waals surface area contributed by atoms with Gasteiger partial charge in [-0.2, -0.15) is 0 Å². The number of fused-ring (bicyclic) bond motifs is 9. The average molecular weight is 376 g/mol. The van der Waals surface area contributed by atoms with Crippen LogP contribution in [0.5, 0.6) is 11.5 Å². The van der Waals surface area contributed by atoms with Crippen LogP contribution in [0.4, 0.5) is 0 Å². The van der Waals surface area contributed by atoms with Gasteiger partial charge in [-0.05, 0) is 39.8 Å². The molecule has 3 nitrogen and oxygen atoms in total. The summed E-state index contributed by atoms with van der Waals surface area (Å²) in [6.45, 7) is 0. The van der Waals surface area contributed by atoms with Gasteiger partial charge in [-0.15, -0.1) is 0 Å². The zero-order chi connectivity index (χ0) is 19.6. The molecule has 1 spiro atoms. The van der Waals surface area contributed by atoms with E-state index in [0.29, 0.717) is 11.2 Å². The topological polar surface area (TPSA) is 49.7 Å². The van der Waals surface area contributed by atoms with Crippen molar-refractivity contribution in [2.75, 3.05) is 0 Å². The van der Waals surface area contributed by atoms with Crippen LogP contribution in [0.2, 0.25) is 0 Å². The van der Waals surface area contributed by atoms with E-state index in [1.807, 2.05) is 24.3 Å². The second-order valence-corrected chi connectivity index (χ2v) is 7.57. The summed E-state index contributed by atoms with van der Waals surface area (Å²) in [4.78, 5) is 0. The molecule has 4 aromatic rings. The molecule has 0 unspecified atom stereocenters. The Balaban J connectivity index is 1.79. The Morgan fingerprint density at radius 3 is 1.79 bits per heavy atom. The van der Waals surface area contributed by atoms with E-state index in [1.165, 1.54) is 22.3 Å². The van der Waals surface area contributed by atoms with Crippen LogP contribution in [0.25, 0.3) is 11.1 Å². The summed E-state index contributed by atoms with van der Waals surface area (Å²) in [5.41, 5.74) is 6.90. The van der Waals surface area contributed by atoms with E-state index in [4.69, 9.17) is 4.74 Å². The van der Waals surface area contributed by atoms with Gasteiger partial charge in [-0.1, -0.05) is 78.9 Å². The standard InChI is InChI=1S/C25H17BO3/c27-26(28)16-13-14-22-24(15-16)29-23-12-6-5-11-21(23)25(22)19-9-3-1-7-17(19)18-8-2-4-10-20(18)25/h1-15,27-28H. The van der Waals surface area contributed by atoms with Crippen LogP contribution < -0.4 is 10.2 Å². The van der Waals surface area contributed by atoms with Gasteiger partial charge < -0.3 is 14.8 Å². The summed E-state index contributed by atoms with van der Waals surface area (Å²) in [7, 11) is -1.54. The van der Waals surface area contributed by atoms with Crippen LogP contribution in [0.3, 0.4) is 0 Å². The third-order valence-corrected chi connectivity index (χ3v) is 6.17. The van der Waals surface area contributed by atoms with Gasteiger partial charge >= 0.3 is 7.12 Å². The molecule has 1 aliphatic carbocycles. The molecule has 0 saturated heterocycles. The van der Waals surface area contributed by atoms with Gasteiger partial charge in [-0.25, -0.2) is 0 Å². The average Bonchev–Trinajstić information content (AvgIpc) is 3.05. The molecule has 0 aromatic heterocycles. The minimum absolute atomic E-state index is 0.415. The molecule has 2 aliphatic rings. The molecule has 6 rings (SSSR count). The smallest absolute Gasteiger partial charge is 0.457 e. The van der Waals surface area contributed by atoms with Crippen molar-refractivity contribution < 1.29 is 14.8 Å². The Kier molecular flexibility index (Phi) is 3.34. The molecule has 0 amide bonds. The summed E-state index contributed by atoms with van der Waals surface area (Å²) >= 11 is 0. The normalized spacial score (nSPS) is 14.4. The molecule has 0 bridgehead atoms. The second kappa shape index (κ2) is 5.83. The third kappa shape index (κ3) is 2.05. The van der Waals surface area contributed by atoms with Crippen LogP contribution >= 0.6 is 0 Å². The first kappa shape index (κ1) is 16.6. The predicted molar refractivity (Wildman–Crippen MR) is 114 cm³/mol. The van der Waals surface area contributed by atoms with Crippen molar-refractivity contribution in [3.8, 4) is 22.6 Å². The van der Waals surface area contributed by atoms with Gasteiger partial charge in [0.1, 0.15) is 11.5 Å². The first-order valence-corrected chi connectivity index (χ1v) is 9.68. The fraction of sp³-hybridized carbons (Fsp3) is 0.0400. The Hall–Kier alpha value is -3.34. The van der Waals surface area contributed by atoms with E-state index < -0.39 is 12.5 Å². The minimum atomic E-state index is -1.54. The van der Waals surface area contributed by atoms with Gasteiger partial charge in [0, 0.05) is 11.1 Å². The maximum atomic E-state index is 9.69. The van der Waals surface area contributed by atoms with Gasteiger partial charge in [0.15, 0.2) is 0 Å². The van der Waals surface area contributed by atoms with E-state index >= 15 is 0 Å². The van der Waals surface area contributed by atoms with Crippen molar-refractivity contribution in [1.29, 1.82) is 0 Å². The second-order valence-electron chi connectivity index (χ2n) is 7.57. The molecule has 1 aliphatic heterocycles. The number of para-hydroxylation sites is 1. The van der Waals surface area contributed by atoms with Crippen LogP contribution in [-0.4, -0.2) is 17.2 Å². The highest BCUT2D eigenvalue weighted by Crippen LogP contribution is 2.61. The van der Waals surface area contributed by atoms with Crippen molar-refractivity contribution >= 4 is 12.6 Å². The number of ether oxygens (including phenoxy) is 1. The summed E-state index contributed by atoms with van der Waals surface area (Å²) in [5, 5.41) is 19.4. The van der Waals surface area contributed by atoms with Crippen molar-refractivity contribution in [3.05, 3.63) is 113 Å². The zero-order valence-corrected chi connectivity index (χ0v) is 15.5. The molecule has 138 valence electrons. The molecule has 4 heteroatoms. The molecular formula is C25H17BO3. The first-order valence-electron chi connectivity index (χ1n) is 9.68. The van der Waals surface area contributed by atoms with E-state index in [2.05, 4.69) is 54.6 Å². The summed E-state index contributed by atoms with van der Waals surface area (Å²) in [5.74, 6) is 1.44. The Morgan fingerprint density at radius 1 is 0.586 bits per heavy atom. The fourth-order valence-electron chi connectivity index (χ4n) is 5.04. The van der Waals surface area contributed by atoms with Crippen LogP contribution in [0.1, 0.15) is 22.3 Å². The Bertz CT molecular complexity index is 1230. The number of hydrogen-bond donors (Lipinski definition) is 2.